The summed E-state index contributed by atoms with van der Waals surface area (Å²) >= 11 is 4.27. The minimum Gasteiger partial charge on any atom is -0.480 e. The first-order chi connectivity index (χ1) is 5.74. The molecular formula is C7H5ClFIO2. The summed E-state index contributed by atoms with van der Waals surface area (Å²) in [5.74, 6) is -0.175. The molecule has 2 nitrogen and oxygen atoms in total. The van der Waals surface area contributed by atoms with E-state index in [2.05, 4.69) is 0 Å². The molecule has 0 bridgehead atoms. The van der Waals surface area contributed by atoms with E-state index in [-0.39, 0.29) is 9.64 Å². The van der Waals surface area contributed by atoms with Gasteiger partial charge in [-0.1, -0.05) is 11.6 Å². The van der Waals surface area contributed by atoms with Crippen LogP contribution in [0, 0.1) is 5.82 Å². The van der Waals surface area contributed by atoms with E-state index in [0.717, 1.165) is 0 Å². The summed E-state index contributed by atoms with van der Waals surface area (Å²) in [6, 6.07) is 4.10. The molecule has 0 aliphatic rings. The number of hydrogen-bond donors (Lipinski definition) is 0. The van der Waals surface area contributed by atoms with Gasteiger partial charge in [0.2, 0.25) is 0 Å². The van der Waals surface area contributed by atoms with E-state index in [1.54, 1.807) is 0 Å². The van der Waals surface area contributed by atoms with Crippen molar-refractivity contribution < 1.29 is 12.2 Å². The van der Waals surface area contributed by atoms with Gasteiger partial charge in [0.15, 0.2) is 25.8 Å². The van der Waals surface area contributed by atoms with Crippen LogP contribution >= 0.6 is 32.8 Å². The van der Waals surface area contributed by atoms with E-state index >= 15 is 0 Å². The molecule has 1 aromatic rings. The molecule has 0 aliphatic heterocycles. The Morgan fingerprint density at radius 3 is 2.92 bits per heavy atom. The molecule has 0 amide bonds. The molecule has 66 valence electrons. The molecule has 0 unspecified atom stereocenters. The number of ether oxygens (including phenoxy) is 1. The normalized spacial score (nSPS) is 9.83. The summed E-state index contributed by atoms with van der Waals surface area (Å²) in [5.41, 5.74) is 0. The predicted molar refractivity (Wildman–Crippen MR) is 51.6 cm³/mol. The summed E-state index contributed by atoms with van der Waals surface area (Å²) < 4.78 is 27.9. The van der Waals surface area contributed by atoms with Gasteiger partial charge >= 0.3 is 0 Å². The van der Waals surface area contributed by atoms with Crippen LogP contribution in [-0.2, 0) is 3.07 Å². The predicted octanol–water partition coefficient (Wildman–Crippen LogP) is 3.13. The van der Waals surface area contributed by atoms with Crippen LogP contribution in [0.1, 0.15) is 0 Å². The van der Waals surface area contributed by atoms with Crippen molar-refractivity contribution in [1.29, 1.82) is 0 Å². The van der Waals surface area contributed by atoms with Crippen molar-refractivity contribution in [2.45, 2.75) is 0 Å². The molecule has 0 aromatic heterocycles. The Morgan fingerprint density at radius 2 is 2.33 bits per heavy atom. The molecular weight excluding hydrogens is 297 g/mol. The summed E-state index contributed by atoms with van der Waals surface area (Å²) in [6.45, 7) is 0. The summed E-state index contributed by atoms with van der Waals surface area (Å²) in [4.78, 5) is 0. The molecule has 0 spiro atoms. The molecule has 0 aliphatic carbocycles. The lowest BCUT2D eigenvalue weighted by atomic mass is 10.3. The van der Waals surface area contributed by atoms with Gasteiger partial charge in [-0.25, -0.2) is 4.39 Å². The van der Waals surface area contributed by atoms with Crippen molar-refractivity contribution in [2.24, 2.45) is 0 Å². The van der Waals surface area contributed by atoms with Crippen LogP contribution in [0.25, 0.3) is 0 Å². The van der Waals surface area contributed by atoms with Gasteiger partial charge in [-0.2, -0.15) is 0 Å². The number of rotatable bonds is 3. The van der Waals surface area contributed by atoms with Gasteiger partial charge in [0.25, 0.3) is 0 Å². The van der Waals surface area contributed by atoms with E-state index in [1.807, 2.05) is 0 Å². The van der Waals surface area contributed by atoms with Crippen LogP contribution < -0.4 is 4.74 Å². The number of hydrogen-bond acceptors (Lipinski definition) is 2. The first-order valence-corrected chi connectivity index (χ1v) is 5.81. The van der Waals surface area contributed by atoms with Gasteiger partial charge in [-0.3, -0.25) is 3.07 Å². The molecule has 1 rings (SSSR count). The van der Waals surface area contributed by atoms with Crippen LogP contribution in [0.5, 0.6) is 5.75 Å². The van der Waals surface area contributed by atoms with Gasteiger partial charge < -0.3 is 4.74 Å². The Balaban J connectivity index is 2.75. The van der Waals surface area contributed by atoms with Crippen LogP contribution in [0.15, 0.2) is 18.2 Å². The van der Waals surface area contributed by atoms with E-state index in [1.165, 1.54) is 18.2 Å². The lowest BCUT2D eigenvalue weighted by Gasteiger charge is -2.01. The van der Waals surface area contributed by atoms with E-state index in [0.29, 0.717) is 5.75 Å². The maximum Gasteiger partial charge on any atom is 0.186 e. The van der Waals surface area contributed by atoms with Gasteiger partial charge in [-0.15, -0.1) is 0 Å². The summed E-state index contributed by atoms with van der Waals surface area (Å²) in [6.07, 6.45) is 0. The molecule has 0 heterocycles. The van der Waals surface area contributed by atoms with Crippen LogP contribution in [0.2, 0.25) is 5.02 Å². The lowest BCUT2D eigenvalue weighted by molar-refractivity contribution is 0.399. The third-order valence-corrected chi connectivity index (χ3v) is 2.03. The molecule has 0 N–H and O–H groups in total. The average Bonchev–Trinajstić information content (AvgIpc) is 2.07. The summed E-state index contributed by atoms with van der Waals surface area (Å²) in [5, 5.41) is 0.0548. The molecule has 5 heteroatoms. The standard InChI is InChI=1S/C7H5ClFIO2/c8-6-2-1-5(3-7(6)9)12-4-10-11/h1-3H,4H2. The number of alkyl halides is 1. The number of benzene rings is 1. The fourth-order valence-corrected chi connectivity index (χ4v) is 1.26. The Hall–Kier alpha value is -0.230. The van der Waals surface area contributed by atoms with Crippen molar-refractivity contribution in [3.05, 3.63) is 29.0 Å². The Kier molecular flexibility index (Phi) is 3.87. The Morgan fingerprint density at radius 1 is 1.58 bits per heavy atom. The van der Waals surface area contributed by atoms with E-state index < -0.39 is 27.0 Å². The zero-order valence-corrected chi connectivity index (χ0v) is 8.80. The second-order valence-electron chi connectivity index (χ2n) is 1.94. The zero-order valence-electron chi connectivity index (χ0n) is 5.89. The Bertz CT molecular complexity index is 293. The fourth-order valence-electron chi connectivity index (χ4n) is 0.652. The minimum absolute atomic E-state index is 0.0548. The fraction of sp³-hybridized carbons (Fsp3) is 0.143. The van der Waals surface area contributed by atoms with E-state index in [9.17, 15) is 7.46 Å². The second-order valence-corrected chi connectivity index (χ2v) is 3.59. The average molecular weight is 302 g/mol. The molecule has 1 aromatic carbocycles. The molecule has 0 saturated carbocycles. The Labute approximate surface area is 84.3 Å². The maximum atomic E-state index is 12.7. The highest BCUT2D eigenvalue weighted by molar-refractivity contribution is 14.1. The lowest BCUT2D eigenvalue weighted by Crippen LogP contribution is -1.89. The first kappa shape index (κ1) is 9.85. The summed E-state index contributed by atoms with van der Waals surface area (Å²) in [7, 11) is 0. The van der Waals surface area contributed by atoms with Crippen LogP contribution in [0.3, 0.4) is 0 Å². The largest absolute Gasteiger partial charge is 0.480 e. The SMILES string of the molecule is O=ICOc1ccc(Cl)c(F)c1. The van der Waals surface area contributed by atoms with Crippen molar-refractivity contribution in [3.8, 4) is 5.75 Å². The van der Waals surface area contributed by atoms with Crippen molar-refractivity contribution in [1.82, 2.24) is 0 Å². The molecule has 0 fully saturated rings. The molecule has 0 saturated heterocycles. The van der Waals surface area contributed by atoms with Crippen molar-refractivity contribution >= 4 is 32.8 Å². The quantitative estimate of drug-likeness (QED) is 0.633. The van der Waals surface area contributed by atoms with Gasteiger partial charge in [-0.05, 0) is 12.1 Å². The number of halogens is 3. The molecule has 0 atom stereocenters. The maximum absolute atomic E-state index is 12.7. The third-order valence-electron chi connectivity index (χ3n) is 1.16. The van der Waals surface area contributed by atoms with Gasteiger partial charge in [0.05, 0.1) is 5.02 Å². The molecule has 12 heavy (non-hydrogen) atoms. The molecule has 0 radical (unpaired) electrons. The van der Waals surface area contributed by atoms with Crippen molar-refractivity contribution in [3.63, 3.8) is 0 Å². The monoisotopic (exact) mass is 302 g/mol. The van der Waals surface area contributed by atoms with Crippen molar-refractivity contribution in [2.75, 3.05) is 4.61 Å². The smallest absolute Gasteiger partial charge is 0.186 e. The highest BCUT2D eigenvalue weighted by Crippen LogP contribution is 2.20. The minimum atomic E-state index is -1.16. The van der Waals surface area contributed by atoms with Crippen LogP contribution in [0.4, 0.5) is 4.39 Å². The van der Waals surface area contributed by atoms with E-state index in [4.69, 9.17) is 16.3 Å². The zero-order chi connectivity index (χ0) is 8.97. The van der Waals surface area contributed by atoms with Crippen LogP contribution in [-0.4, -0.2) is 4.61 Å². The third kappa shape index (κ3) is 2.67. The van der Waals surface area contributed by atoms with Gasteiger partial charge in [0.1, 0.15) is 11.6 Å². The highest BCUT2D eigenvalue weighted by atomic mass is 127. The second kappa shape index (κ2) is 4.71. The highest BCUT2D eigenvalue weighted by Gasteiger charge is 2.00. The first-order valence-electron chi connectivity index (χ1n) is 3.03. The topological polar surface area (TPSA) is 26.3 Å². The van der Waals surface area contributed by atoms with Gasteiger partial charge in [0, 0.05) is 6.07 Å².